The van der Waals surface area contributed by atoms with Crippen LogP contribution in [0, 0.1) is 0 Å². The summed E-state index contributed by atoms with van der Waals surface area (Å²) in [6.07, 6.45) is 0. The Hall–Kier alpha value is -0.540. The zero-order chi connectivity index (χ0) is 8.55. The van der Waals surface area contributed by atoms with E-state index in [1.165, 1.54) is 0 Å². The summed E-state index contributed by atoms with van der Waals surface area (Å²) in [6, 6.07) is 5.75. The van der Waals surface area contributed by atoms with Gasteiger partial charge in [0.2, 0.25) is 0 Å². The topological polar surface area (TPSA) is 26.0 Å². The third-order valence-electron chi connectivity index (χ3n) is 1.64. The van der Waals surface area contributed by atoms with Crippen molar-refractivity contribution in [3.8, 4) is 0 Å². The van der Waals surface area contributed by atoms with Crippen molar-refractivity contribution in [2.24, 2.45) is 0 Å². The zero-order valence-electron chi connectivity index (χ0n) is 6.05. The van der Waals surface area contributed by atoms with Crippen molar-refractivity contribution < 1.29 is 4.52 Å². The molecule has 62 valence electrons. The summed E-state index contributed by atoms with van der Waals surface area (Å²) in [6.45, 7) is 0. The van der Waals surface area contributed by atoms with Crippen LogP contribution in [-0.4, -0.2) is 5.16 Å². The van der Waals surface area contributed by atoms with Crippen LogP contribution in [-0.2, 0) is 5.88 Å². The van der Waals surface area contributed by atoms with Gasteiger partial charge in [0, 0.05) is 9.86 Å². The standard InChI is InChI=1S/C8H5BrClNO/c9-5-1-2-6-7(4-10)11-12-8(6)3-5/h1-3H,4H2. The highest BCUT2D eigenvalue weighted by Crippen LogP contribution is 2.23. The predicted molar refractivity (Wildman–Crippen MR) is 51.3 cm³/mol. The molecule has 12 heavy (non-hydrogen) atoms. The van der Waals surface area contributed by atoms with Gasteiger partial charge in [0.25, 0.3) is 0 Å². The fourth-order valence-electron chi connectivity index (χ4n) is 1.06. The molecule has 0 aliphatic heterocycles. The fourth-order valence-corrected chi connectivity index (χ4v) is 1.59. The number of alkyl halides is 1. The van der Waals surface area contributed by atoms with Crippen LogP contribution in [0.15, 0.2) is 27.2 Å². The normalized spacial score (nSPS) is 10.8. The summed E-state index contributed by atoms with van der Waals surface area (Å²) in [4.78, 5) is 0. The van der Waals surface area contributed by atoms with E-state index in [-0.39, 0.29) is 0 Å². The van der Waals surface area contributed by atoms with E-state index in [0.717, 1.165) is 21.1 Å². The van der Waals surface area contributed by atoms with E-state index < -0.39 is 0 Å². The summed E-state index contributed by atoms with van der Waals surface area (Å²) in [7, 11) is 0. The van der Waals surface area contributed by atoms with Gasteiger partial charge in [0.05, 0.1) is 5.88 Å². The monoisotopic (exact) mass is 245 g/mol. The molecule has 1 aromatic heterocycles. The highest BCUT2D eigenvalue weighted by atomic mass is 79.9. The molecule has 0 fully saturated rings. The lowest BCUT2D eigenvalue weighted by molar-refractivity contribution is 0.449. The number of nitrogens with zero attached hydrogens (tertiary/aromatic N) is 1. The predicted octanol–water partition coefficient (Wildman–Crippen LogP) is 3.33. The van der Waals surface area contributed by atoms with Crippen LogP contribution >= 0.6 is 27.5 Å². The minimum Gasteiger partial charge on any atom is -0.356 e. The van der Waals surface area contributed by atoms with Crippen molar-refractivity contribution in [2.45, 2.75) is 5.88 Å². The van der Waals surface area contributed by atoms with Gasteiger partial charge in [-0.05, 0) is 18.2 Å². The first-order valence-corrected chi connectivity index (χ1v) is 4.74. The third kappa shape index (κ3) is 1.23. The lowest BCUT2D eigenvalue weighted by atomic mass is 10.2. The molecule has 2 aromatic rings. The second kappa shape index (κ2) is 3.07. The Balaban J connectivity index is 2.73. The summed E-state index contributed by atoms with van der Waals surface area (Å²) in [5.41, 5.74) is 1.55. The maximum absolute atomic E-state index is 5.65. The number of aromatic nitrogens is 1. The van der Waals surface area contributed by atoms with Crippen molar-refractivity contribution in [3.05, 3.63) is 28.4 Å². The molecule has 0 amide bonds. The molecule has 0 radical (unpaired) electrons. The van der Waals surface area contributed by atoms with Crippen LogP contribution in [0.1, 0.15) is 5.69 Å². The summed E-state index contributed by atoms with van der Waals surface area (Å²) < 4.78 is 6.04. The zero-order valence-corrected chi connectivity index (χ0v) is 8.39. The molecular weight excluding hydrogens is 241 g/mol. The number of benzene rings is 1. The minimum absolute atomic E-state index is 0.384. The number of hydrogen-bond donors (Lipinski definition) is 0. The van der Waals surface area contributed by atoms with Gasteiger partial charge in [-0.3, -0.25) is 0 Å². The van der Waals surface area contributed by atoms with E-state index in [9.17, 15) is 0 Å². The molecule has 1 heterocycles. The van der Waals surface area contributed by atoms with Crippen molar-refractivity contribution in [2.75, 3.05) is 0 Å². The molecule has 0 saturated carbocycles. The van der Waals surface area contributed by atoms with Crippen molar-refractivity contribution in [3.63, 3.8) is 0 Å². The van der Waals surface area contributed by atoms with Crippen LogP contribution in [0.25, 0.3) is 11.0 Å². The molecule has 2 rings (SSSR count). The average Bonchev–Trinajstić information content (AvgIpc) is 2.46. The third-order valence-corrected chi connectivity index (χ3v) is 2.38. The second-order valence-corrected chi connectivity index (χ2v) is 3.59. The Labute approximate surface area is 82.6 Å². The summed E-state index contributed by atoms with van der Waals surface area (Å²) in [5, 5.41) is 4.81. The Morgan fingerprint density at radius 1 is 1.50 bits per heavy atom. The highest BCUT2D eigenvalue weighted by molar-refractivity contribution is 9.10. The average molecular weight is 246 g/mol. The van der Waals surface area contributed by atoms with Gasteiger partial charge >= 0.3 is 0 Å². The molecule has 0 saturated heterocycles. The molecule has 0 atom stereocenters. The molecule has 1 aromatic carbocycles. The molecule has 2 nitrogen and oxygen atoms in total. The van der Waals surface area contributed by atoms with E-state index in [1.54, 1.807) is 0 Å². The quantitative estimate of drug-likeness (QED) is 0.721. The number of halogens is 2. The minimum atomic E-state index is 0.384. The van der Waals surface area contributed by atoms with Crippen LogP contribution < -0.4 is 0 Å². The number of fused-ring (bicyclic) bond motifs is 1. The van der Waals surface area contributed by atoms with Crippen LogP contribution in [0.2, 0.25) is 0 Å². The summed E-state index contributed by atoms with van der Waals surface area (Å²) >= 11 is 9.00. The molecule has 0 aliphatic carbocycles. The number of rotatable bonds is 1. The Morgan fingerprint density at radius 3 is 3.08 bits per heavy atom. The fraction of sp³-hybridized carbons (Fsp3) is 0.125. The second-order valence-electron chi connectivity index (χ2n) is 2.40. The summed E-state index contributed by atoms with van der Waals surface area (Å²) in [5.74, 6) is 0.384. The SMILES string of the molecule is ClCc1noc2cc(Br)ccc12. The van der Waals surface area contributed by atoms with Gasteiger partial charge in [-0.25, -0.2) is 0 Å². The van der Waals surface area contributed by atoms with Gasteiger partial charge in [0.15, 0.2) is 5.58 Å². The van der Waals surface area contributed by atoms with Gasteiger partial charge in [-0.1, -0.05) is 21.1 Å². The smallest absolute Gasteiger partial charge is 0.168 e. The first-order valence-electron chi connectivity index (χ1n) is 3.41. The maximum atomic E-state index is 5.65. The highest BCUT2D eigenvalue weighted by Gasteiger charge is 2.05. The first kappa shape index (κ1) is 8.08. The molecule has 0 spiro atoms. The Morgan fingerprint density at radius 2 is 2.33 bits per heavy atom. The van der Waals surface area contributed by atoms with Gasteiger partial charge in [0.1, 0.15) is 5.69 Å². The van der Waals surface area contributed by atoms with Crippen LogP contribution in [0.3, 0.4) is 0 Å². The molecule has 0 aliphatic rings. The molecule has 0 N–H and O–H groups in total. The van der Waals surface area contributed by atoms with Crippen LogP contribution in [0.5, 0.6) is 0 Å². The van der Waals surface area contributed by atoms with Gasteiger partial charge < -0.3 is 4.52 Å². The molecule has 0 bridgehead atoms. The first-order chi connectivity index (χ1) is 5.81. The van der Waals surface area contributed by atoms with E-state index in [0.29, 0.717) is 5.88 Å². The maximum Gasteiger partial charge on any atom is 0.168 e. The molecule has 4 heteroatoms. The lowest BCUT2D eigenvalue weighted by Crippen LogP contribution is -1.75. The van der Waals surface area contributed by atoms with E-state index in [1.807, 2.05) is 18.2 Å². The van der Waals surface area contributed by atoms with Crippen molar-refractivity contribution >= 4 is 38.5 Å². The molecular formula is C8H5BrClNO. The van der Waals surface area contributed by atoms with Crippen molar-refractivity contribution in [1.29, 1.82) is 0 Å². The molecule has 0 unspecified atom stereocenters. The van der Waals surface area contributed by atoms with E-state index >= 15 is 0 Å². The van der Waals surface area contributed by atoms with Crippen molar-refractivity contribution in [1.82, 2.24) is 5.16 Å². The number of hydrogen-bond acceptors (Lipinski definition) is 2. The Bertz CT molecular complexity index is 412. The van der Waals surface area contributed by atoms with Gasteiger partial charge in [-0.2, -0.15) is 0 Å². The van der Waals surface area contributed by atoms with Gasteiger partial charge in [-0.15, -0.1) is 11.6 Å². The van der Waals surface area contributed by atoms with E-state index in [2.05, 4.69) is 21.1 Å². The Kier molecular flexibility index (Phi) is 2.07. The van der Waals surface area contributed by atoms with E-state index in [4.69, 9.17) is 16.1 Å². The largest absolute Gasteiger partial charge is 0.356 e. The lowest BCUT2D eigenvalue weighted by Gasteiger charge is -1.88. The van der Waals surface area contributed by atoms with Crippen LogP contribution in [0.4, 0.5) is 0 Å².